The van der Waals surface area contributed by atoms with E-state index >= 15 is 0 Å². The van der Waals surface area contributed by atoms with Crippen LogP contribution in [0, 0.1) is 17.4 Å². The smallest absolute Gasteiger partial charge is 0.301 e. The third-order valence-electron chi connectivity index (χ3n) is 5.77. The molecule has 0 saturated carbocycles. The number of carbonyl (C=O) groups is 2. The second-order valence-corrected chi connectivity index (χ2v) is 10.8. The lowest BCUT2D eigenvalue weighted by molar-refractivity contribution is -0.132. The number of hydrogen-bond donors (Lipinski definition) is 1. The summed E-state index contributed by atoms with van der Waals surface area (Å²) >= 11 is 9.56. The minimum Gasteiger partial charge on any atom is -0.507 e. The summed E-state index contributed by atoms with van der Waals surface area (Å²) in [5.74, 6) is -1.70. The standard InChI is InChI=1S/C26H18ClIN2O3S/c1-13-11-14(2)21-19(12-13)34-26(29-21)30-22(15-5-9-18(28)10-6-15)20(24(32)25(30)33)23(31)16-3-7-17(27)8-4-16/h3-12,22,31H,1-2H3/b23-20+. The summed E-state index contributed by atoms with van der Waals surface area (Å²) in [6.07, 6.45) is 0. The summed E-state index contributed by atoms with van der Waals surface area (Å²) < 4.78 is 1.95. The van der Waals surface area contributed by atoms with E-state index in [0.29, 0.717) is 21.3 Å². The lowest BCUT2D eigenvalue weighted by atomic mass is 9.95. The summed E-state index contributed by atoms with van der Waals surface area (Å²) in [5.41, 5.74) is 4.04. The summed E-state index contributed by atoms with van der Waals surface area (Å²) in [7, 11) is 0. The first kappa shape index (κ1) is 23.0. The van der Waals surface area contributed by atoms with E-state index in [-0.39, 0.29) is 11.3 Å². The van der Waals surface area contributed by atoms with Gasteiger partial charge in [-0.15, -0.1) is 0 Å². The monoisotopic (exact) mass is 600 g/mol. The van der Waals surface area contributed by atoms with Gasteiger partial charge < -0.3 is 5.11 Å². The number of anilines is 1. The average molecular weight is 601 g/mol. The Morgan fingerprint density at radius 1 is 1.06 bits per heavy atom. The first-order valence-electron chi connectivity index (χ1n) is 10.4. The Bertz CT molecular complexity index is 1490. The first-order valence-corrected chi connectivity index (χ1v) is 12.7. The minimum atomic E-state index is -0.811. The first-order chi connectivity index (χ1) is 16.2. The predicted octanol–water partition coefficient (Wildman–Crippen LogP) is 6.80. The molecule has 5 nitrogen and oxygen atoms in total. The maximum Gasteiger partial charge on any atom is 0.301 e. The molecule has 170 valence electrons. The molecule has 1 aromatic heterocycles. The number of amides is 1. The van der Waals surface area contributed by atoms with Crippen molar-refractivity contribution in [3.05, 3.63) is 97.1 Å². The van der Waals surface area contributed by atoms with Gasteiger partial charge in [0.15, 0.2) is 5.13 Å². The van der Waals surface area contributed by atoms with Crippen molar-refractivity contribution in [2.45, 2.75) is 19.9 Å². The Balaban J connectivity index is 1.74. The summed E-state index contributed by atoms with van der Waals surface area (Å²) in [6, 6.07) is 17.3. The number of rotatable bonds is 3. The third kappa shape index (κ3) is 3.91. The molecule has 8 heteroatoms. The third-order valence-corrected chi connectivity index (χ3v) is 7.75. The molecule has 0 radical (unpaired) electrons. The highest BCUT2D eigenvalue weighted by Crippen LogP contribution is 2.44. The zero-order valence-corrected chi connectivity index (χ0v) is 21.9. The SMILES string of the molecule is Cc1cc(C)c2nc(N3C(=O)C(=O)/C(=C(/O)c4ccc(Cl)cc4)C3c3ccc(I)cc3)sc2c1. The number of carbonyl (C=O) groups excluding carboxylic acids is 2. The normalized spacial score (nSPS) is 17.6. The predicted molar refractivity (Wildman–Crippen MR) is 144 cm³/mol. The Morgan fingerprint density at radius 3 is 2.41 bits per heavy atom. The molecule has 1 N–H and O–H groups in total. The molecular formula is C26H18ClIN2O3S. The van der Waals surface area contributed by atoms with E-state index in [1.54, 1.807) is 24.3 Å². The van der Waals surface area contributed by atoms with E-state index < -0.39 is 17.7 Å². The molecule has 1 aliphatic heterocycles. The molecule has 1 unspecified atom stereocenters. The molecule has 0 aliphatic carbocycles. The second-order valence-electron chi connectivity index (χ2n) is 8.15. The van der Waals surface area contributed by atoms with Crippen molar-refractivity contribution in [2.75, 3.05) is 4.90 Å². The van der Waals surface area contributed by atoms with Crippen LogP contribution in [0.4, 0.5) is 5.13 Å². The molecule has 0 spiro atoms. The molecule has 5 rings (SSSR count). The maximum atomic E-state index is 13.4. The van der Waals surface area contributed by atoms with Gasteiger partial charge in [-0.2, -0.15) is 0 Å². The minimum absolute atomic E-state index is 0.0284. The molecule has 1 fully saturated rings. The Hall–Kier alpha value is -2.75. The number of aliphatic hydroxyl groups excluding tert-OH is 1. The van der Waals surface area contributed by atoms with Crippen LogP contribution in [0.5, 0.6) is 0 Å². The fourth-order valence-electron chi connectivity index (χ4n) is 4.22. The number of aliphatic hydroxyl groups is 1. The number of nitrogens with zero attached hydrogens (tertiary/aromatic N) is 2. The topological polar surface area (TPSA) is 70.5 Å². The average Bonchev–Trinajstić information content (AvgIpc) is 3.33. The van der Waals surface area contributed by atoms with Gasteiger partial charge >= 0.3 is 5.91 Å². The van der Waals surface area contributed by atoms with E-state index in [2.05, 4.69) is 22.6 Å². The van der Waals surface area contributed by atoms with Crippen molar-refractivity contribution in [3.8, 4) is 0 Å². The van der Waals surface area contributed by atoms with Crippen molar-refractivity contribution in [2.24, 2.45) is 0 Å². The van der Waals surface area contributed by atoms with Crippen molar-refractivity contribution in [1.82, 2.24) is 4.98 Å². The second kappa shape index (κ2) is 8.79. The summed E-state index contributed by atoms with van der Waals surface area (Å²) in [5, 5.41) is 12.1. The van der Waals surface area contributed by atoms with Crippen LogP contribution in [0.2, 0.25) is 5.02 Å². The van der Waals surface area contributed by atoms with Crippen LogP contribution in [-0.2, 0) is 9.59 Å². The number of fused-ring (bicyclic) bond motifs is 1. The van der Waals surface area contributed by atoms with Crippen LogP contribution in [0.15, 0.2) is 66.2 Å². The van der Waals surface area contributed by atoms with Crippen LogP contribution in [0.3, 0.4) is 0 Å². The van der Waals surface area contributed by atoms with Gasteiger partial charge in [-0.3, -0.25) is 14.5 Å². The molecule has 0 bridgehead atoms. The number of benzene rings is 3. The van der Waals surface area contributed by atoms with Crippen LogP contribution < -0.4 is 4.90 Å². The molecule has 2 heterocycles. The zero-order chi connectivity index (χ0) is 24.1. The maximum absolute atomic E-state index is 13.4. The fourth-order valence-corrected chi connectivity index (χ4v) is 5.87. The molecule has 4 aromatic rings. The van der Waals surface area contributed by atoms with E-state index in [1.165, 1.54) is 16.2 Å². The lowest BCUT2D eigenvalue weighted by Gasteiger charge is -2.23. The van der Waals surface area contributed by atoms with Gasteiger partial charge in [0.25, 0.3) is 5.78 Å². The number of ketones is 1. The van der Waals surface area contributed by atoms with E-state index in [4.69, 9.17) is 16.6 Å². The van der Waals surface area contributed by atoms with E-state index in [0.717, 1.165) is 24.9 Å². The lowest BCUT2D eigenvalue weighted by Crippen LogP contribution is -2.29. The van der Waals surface area contributed by atoms with Crippen LogP contribution in [-0.4, -0.2) is 21.8 Å². The van der Waals surface area contributed by atoms with Crippen LogP contribution in [0.25, 0.3) is 16.0 Å². The van der Waals surface area contributed by atoms with Crippen molar-refractivity contribution in [1.29, 1.82) is 0 Å². The van der Waals surface area contributed by atoms with E-state index in [1.807, 2.05) is 50.2 Å². The quantitative estimate of drug-likeness (QED) is 0.122. The Labute approximate surface area is 218 Å². The Morgan fingerprint density at radius 2 is 1.74 bits per heavy atom. The van der Waals surface area contributed by atoms with Crippen LogP contribution in [0.1, 0.15) is 28.3 Å². The molecule has 34 heavy (non-hydrogen) atoms. The molecule has 3 aromatic carbocycles. The molecule has 1 saturated heterocycles. The highest BCUT2D eigenvalue weighted by atomic mass is 127. The van der Waals surface area contributed by atoms with Gasteiger partial charge in [0.2, 0.25) is 0 Å². The van der Waals surface area contributed by atoms with Gasteiger partial charge in [0.05, 0.1) is 21.8 Å². The number of Topliss-reactive ketones (excluding diaryl/α,β-unsaturated/α-hetero) is 1. The van der Waals surface area contributed by atoms with Gasteiger partial charge in [0.1, 0.15) is 5.76 Å². The number of hydrogen-bond acceptors (Lipinski definition) is 5. The fraction of sp³-hybridized carbons (Fsp3) is 0.115. The van der Waals surface area contributed by atoms with E-state index in [9.17, 15) is 14.7 Å². The molecule has 1 aliphatic rings. The van der Waals surface area contributed by atoms with Crippen molar-refractivity contribution < 1.29 is 14.7 Å². The largest absolute Gasteiger partial charge is 0.507 e. The number of halogens is 2. The summed E-state index contributed by atoms with van der Waals surface area (Å²) in [4.78, 5) is 32.8. The number of aryl methyl sites for hydroxylation is 2. The highest BCUT2D eigenvalue weighted by molar-refractivity contribution is 14.1. The molecular weight excluding hydrogens is 583 g/mol. The molecule has 1 amide bonds. The van der Waals surface area contributed by atoms with Crippen LogP contribution >= 0.6 is 45.5 Å². The van der Waals surface area contributed by atoms with Gasteiger partial charge in [-0.05, 0) is 95.6 Å². The van der Waals surface area contributed by atoms with Gasteiger partial charge in [0, 0.05) is 14.2 Å². The van der Waals surface area contributed by atoms with Gasteiger partial charge in [-0.1, -0.05) is 41.1 Å². The highest BCUT2D eigenvalue weighted by Gasteiger charge is 2.48. The van der Waals surface area contributed by atoms with Crippen molar-refractivity contribution >= 4 is 78.3 Å². The number of thiazole rings is 1. The Kier molecular flexibility index (Phi) is 5.95. The zero-order valence-electron chi connectivity index (χ0n) is 18.2. The molecule has 1 atom stereocenters. The summed E-state index contributed by atoms with van der Waals surface area (Å²) in [6.45, 7) is 3.99. The van der Waals surface area contributed by atoms with Gasteiger partial charge in [-0.25, -0.2) is 4.98 Å². The van der Waals surface area contributed by atoms with Crippen molar-refractivity contribution in [3.63, 3.8) is 0 Å². The number of aromatic nitrogens is 1.